The number of benzene rings is 1. The number of thiazole rings is 1. The third-order valence-corrected chi connectivity index (χ3v) is 5.09. The molecule has 3 aromatic rings. The minimum atomic E-state index is 0.582. The van der Waals surface area contributed by atoms with Gasteiger partial charge in [-0.15, -0.1) is 0 Å². The maximum absolute atomic E-state index is 4.69. The van der Waals surface area contributed by atoms with E-state index in [1.807, 2.05) is 19.1 Å². The van der Waals surface area contributed by atoms with Gasteiger partial charge in [0.2, 0.25) is 0 Å². The van der Waals surface area contributed by atoms with Crippen molar-refractivity contribution in [3.63, 3.8) is 0 Å². The molecule has 21 heavy (non-hydrogen) atoms. The van der Waals surface area contributed by atoms with E-state index in [4.69, 9.17) is 0 Å². The summed E-state index contributed by atoms with van der Waals surface area (Å²) in [5.74, 6) is 1.24. The van der Waals surface area contributed by atoms with Crippen molar-refractivity contribution < 1.29 is 0 Å². The Morgan fingerprint density at radius 2 is 1.62 bits per heavy atom. The van der Waals surface area contributed by atoms with Gasteiger partial charge in [-0.2, -0.15) is 0 Å². The van der Waals surface area contributed by atoms with Gasteiger partial charge < -0.3 is 0 Å². The summed E-state index contributed by atoms with van der Waals surface area (Å²) in [6, 6.07) is 12.9. The van der Waals surface area contributed by atoms with Crippen molar-refractivity contribution in [3.8, 4) is 10.6 Å². The van der Waals surface area contributed by atoms with E-state index < -0.39 is 0 Å². The summed E-state index contributed by atoms with van der Waals surface area (Å²) in [4.78, 5) is 10.3. The number of rotatable bonds is 3. The Morgan fingerprint density at radius 1 is 0.905 bits per heavy atom. The highest BCUT2D eigenvalue weighted by Crippen LogP contribution is 2.31. The number of hydrogen-bond donors (Lipinski definition) is 0. The summed E-state index contributed by atoms with van der Waals surface area (Å²) in [6.07, 6.45) is 0. The van der Waals surface area contributed by atoms with Crippen molar-refractivity contribution in [2.45, 2.75) is 33.6 Å². The summed E-state index contributed by atoms with van der Waals surface area (Å²) in [5.41, 5.74) is 4.60. The maximum atomic E-state index is 4.69. The molecule has 3 rings (SSSR count). The summed E-state index contributed by atoms with van der Waals surface area (Å²) in [7, 11) is 0. The lowest BCUT2D eigenvalue weighted by Gasteiger charge is -2.15. The SMILES string of the molecule is Cc1ccc2nc(-c3ccc(C(C)C(C)C)cc3)sc2n1. The third kappa shape index (κ3) is 2.84. The molecule has 0 N–H and O–H groups in total. The summed E-state index contributed by atoms with van der Waals surface area (Å²) in [5, 5.41) is 1.05. The minimum absolute atomic E-state index is 0.582. The molecule has 0 aliphatic heterocycles. The maximum Gasteiger partial charge on any atom is 0.144 e. The van der Waals surface area contributed by atoms with Crippen LogP contribution < -0.4 is 0 Å². The molecule has 0 aliphatic carbocycles. The molecule has 2 aromatic heterocycles. The first-order chi connectivity index (χ1) is 10.0. The molecule has 2 heterocycles. The van der Waals surface area contributed by atoms with Crippen LogP contribution in [0.3, 0.4) is 0 Å². The highest BCUT2D eigenvalue weighted by atomic mass is 32.1. The lowest BCUT2D eigenvalue weighted by molar-refractivity contribution is 0.535. The normalized spacial score (nSPS) is 13.0. The van der Waals surface area contributed by atoms with Crippen LogP contribution in [0.4, 0.5) is 0 Å². The monoisotopic (exact) mass is 296 g/mol. The van der Waals surface area contributed by atoms with Crippen LogP contribution in [0.1, 0.15) is 37.9 Å². The molecule has 1 atom stereocenters. The summed E-state index contributed by atoms with van der Waals surface area (Å²) in [6.45, 7) is 8.82. The first-order valence-electron chi connectivity index (χ1n) is 7.39. The van der Waals surface area contributed by atoms with E-state index in [0.29, 0.717) is 11.8 Å². The second-order valence-electron chi connectivity index (χ2n) is 5.95. The zero-order valence-corrected chi connectivity index (χ0v) is 13.7. The quantitative estimate of drug-likeness (QED) is 0.644. The predicted molar refractivity (Wildman–Crippen MR) is 90.8 cm³/mol. The lowest BCUT2D eigenvalue weighted by atomic mass is 9.90. The van der Waals surface area contributed by atoms with Gasteiger partial charge in [0.1, 0.15) is 15.4 Å². The van der Waals surface area contributed by atoms with Gasteiger partial charge in [-0.3, -0.25) is 0 Å². The van der Waals surface area contributed by atoms with Crippen LogP contribution in [0, 0.1) is 12.8 Å². The van der Waals surface area contributed by atoms with E-state index in [-0.39, 0.29) is 0 Å². The number of nitrogens with zero attached hydrogens (tertiary/aromatic N) is 2. The van der Waals surface area contributed by atoms with Gasteiger partial charge >= 0.3 is 0 Å². The highest BCUT2D eigenvalue weighted by Gasteiger charge is 2.11. The van der Waals surface area contributed by atoms with Crippen molar-refractivity contribution >= 4 is 21.7 Å². The Hall–Kier alpha value is -1.74. The molecule has 0 aliphatic rings. The molecular formula is C18H20N2S. The lowest BCUT2D eigenvalue weighted by Crippen LogP contribution is -2.01. The van der Waals surface area contributed by atoms with E-state index in [9.17, 15) is 0 Å². The Balaban J connectivity index is 1.95. The zero-order valence-electron chi connectivity index (χ0n) is 12.9. The first-order valence-corrected chi connectivity index (χ1v) is 8.21. The van der Waals surface area contributed by atoms with E-state index in [0.717, 1.165) is 21.0 Å². The average Bonchev–Trinajstić information content (AvgIpc) is 2.89. The third-order valence-electron chi connectivity index (χ3n) is 4.08. The molecule has 0 saturated heterocycles. The number of hydrogen-bond acceptors (Lipinski definition) is 3. The van der Waals surface area contributed by atoms with Crippen molar-refractivity contribution in [1.82, 2.24) is 9.97 Å². The van der Waals surface area contributed by atoms with Crippen LogP contribution in [0.15, 0.2) is 36.4 Å². The largest absolute Gasteiger partial charge is 0.241 e. The van der Waals surface area contributed by atoms with Crippen LogP contribution in [-0.2, 0) is 0 Å². The number of aryl methyl sites for hydroxylation is 1. The fourth-order valence-corrected chi connectivity index (χ4v) is 3.34. The molecular weight excluding hydrogens is 276 g/mol. The molecule has 0 spiro atoms. The number of fused-ring (bicyclic) bond motifs is 1. The Bertz CT molecular complexity index is 756. The molecule has 108 valence electrons. The second kappa shape index (κ2) is 5.57. The fraction of sp³-hybridized carbons (Fsp3) is 0.333. The van der Waals surface area contributed by atoms with Crippen LogP contribution in [-0.4, -0.2) is 9.97 Å². The summed E-state index contributed by atoms with van der Waals surface area (Å²) < 4.78 is 0. The molecule has 3 heteroatoms. The molecule has 1 unspecified atom stereocenters. The average molecular weight is 296 g/mol. The van der Waals surface area contributed by atoms with Crippen LogP contribution in [0.5, 0.6) is 0 Å². The smallest absolute Gasteiger partial charge is 0.144 e. The van der Waals surface area contributed by atoms with Gasteiger partial charge in [-0.05, 0) is 36.5 Å². The molecule has 0 saturated carbocycles. The zero-order chi connectivity index (χ0) is 15.0. The van der Waals surface area contributed by atoms with Crippen LogP contribution >= 0.6 is 11.3 Å². The number of aromatic nitrogens is 2. The van der Waals surface area contributed by atoms with Crippen LogP contribution in [0.25, 0.3) is 20.9 Å². The molecule has 0 amide bonds. The first kappa shape index (κ1) is 14.2. The standard InChI is InChI=1S/C18H20N2S/c1-11(2)13(4)14-6-8-15(9-7-14)17-20-16-10-5-12(3)19-18(16)21-17/h5-11,13H,1-4H3. The highest BCUT2D eigenvalue weighted by molar-refractivity contribution is 7.21. The fourth-order valence-electron chi connectivity index (χ4n) is 2.35. The molecule has 2 nitrogen and oxygen atoms in total. The Morgan fingerprint density at radius 3 is 2.29 bits per heavy atom. The van der Waals surface area contributed by atoms with Gasteiger partial charge in [0, 0.05) is 11.3 Å². The van der Waals surface area contributed by atoms with Gasteiger partial charge in [-0.25, -0.2) is 9.97 Å². The van der Waals surface area contributed by atoms with Gasteiger partial charge in [0.05, 0.1) is 0 Å². The van der Waals surface area contributed by atoms with Crippen LogP contribution in [0.2, 0.25) is 0 Å². The number of pyridine rings is 1. The van der Waals surface area contributed by atoms with Crippen molar-refractivity contribution in [2.75, 3.05) is 0 Å². The predicted octanol–water partition coefficient (Wildman–Crippen LogP) is 5.43. The van der Waals surface area contributed by atoms with Crippen molar-refractivity contribution in [2.24, 2.45) is 5.92 Å². The topological polar surface area (TPSA) is 25.8 Å². The van der Waals surface area contributed by atoms with E-state index in [1.165, 1.54) is 11.1 Å². The van der Waals surface area contributed by atoms with Crippen molar-refractivity contribution in [3.05, 3.63) is 47.7 Å². The Labute approximate surface area is 129 Å². The molecule has 0 bridgehead atoms. The van der Waals surface area contributed by atoms with E-state index in [2.05, 4.69) is 55.0 Å². The van der Waals surface area contributed by atoms with Crippen molar-refractivity contribution in [1.29, 1.82) is 0 Å². The second-order valence-corrected chi connectivity index (χ2v) is 6.93. The van der Waals surface area contributed by atoms with Gasteiger partial charge in [0.25, 0.3) is 0 Å². The van der Waals surface area contributed by atoms with Gasteiger partial charge in [0.15, 0.2) is 0 Å². The molecule has 1 aromatic carbocycles. The van der Waals surface area contributed by atoms with E-state index >= 15 is 0 Å². The summed E-state index contributed by atoms with van der Waals surface area (Å²) >= 11 is 1.66. The van der Waals surface area contributed by atoms with E-state index in [1.54, 1.807) is 11.3 Å². The molecule has 0 fully saturated rings. The van der Waals surface area contributed by atoms with Gasteiger partial charge in [-0.1, -0.05) is 56.4 Å². The minimum Gasteiger partial charge on any atom is -0.241 e. The molecule has 0 radical (unpaired) electrons. The Kier molecular flexibility index (Phi) is 3.77.